The molecular formula is C14H20N2O2. The number of hydrogen-bond acceptors (Lipinski definition) is 3. The van der Waals surface area contributed by atoms with Crippen LogP contribution in [0.2, 0.25) is 0 Å². The van der Waals surface area contributed by atoms with E-state index in [1.54, 1.807) is 0 Å². The second-order valence-electron chi connectivity index (χ2n) is 4.66. The summed E-state index contributed by atoms with van der Waals surface area (Å²) >= 11 is 0. The first-order chi connectivity index (χ1) is 8.70. The lowest BCUT2D eigenvalue weighted by Gasteiger charge is -2.25. The molecule has 0 fully saturated rings. The number of benzene rings is 1. The van der Waals surface area contributed by atoms with Gasteiger partial charge < -0.3 is 15.8 Å². The molecule has 0 saturated heterocycles. The van der Waals surface area contributed by atoms with E-state index in [4.69, 9.17) is 10.5 Å². The van der Waals surface area contributed by atoms with Gasteiger partial charge in [0.2, 0.25) is 5.91 Å². The third kappa shape index (κ3) is 3.01. The number of hydrogen-bond donors (Lipinski definition) is 2. The van der Waals surface area contributed by atoms with Gasteiger partial charge in [-0.3, -0.25) is 4.79 Å². The van der Waals surface area contributed by atoms with Crippen molar-refractivity contribution in [2.45, 2.75) is 31.7 Å². The maximum atomic E-state index is 10.7. The van der Waals surface area contributed by atoms with E-state index in [1.807, 2.05) is 13.1 Å². The van der Waals surface area contributed by atoms with Crippen LogP contribution in [0.5, 0.6) is 5.75 Å². The molecule has 0 bridgehead atoms. The molecule has 18 heavy (non-hydrogen) atoms. The Hall–Kier alpha value is -1.55. The number of carbonyl (C=O) groups is 1. The summed E-state index contributed by atoms with van der Waals surface area (Å²) in [6, 6.07) is 6.58. The summed E-state index contributed by atoms with van der Waals surface area (Å²) < 4.78 is 5.55. The van der Waals surface area contributed by atoms with Crippen molar-refractivity contribution in [1.29, 1.82) is 0 Å². The van der Waals surface area contributed by atoms with Crippen LogP contribution in [0.3, 0.4) is 0 Å². The van der Waals surface area contributed by atoms with Crippen molar-refractivity contribution in [2.75, 3.05) is 13.7 Å². The summed E-state index contributed by atoms with van der Waals surface area (Å²) in [6.45, 7) is 0.346. The largest absolute Gasteiger partial charge is 0.493 e. The Balaban J connectivity index is 2.07. The molecule has 0 spiro atoms. The number of nitrogens with one attached hydrogen (secondary N) is 1. The fraction of sp³-hybridized carbons (Fsp3) is 0.500. The first-order valence-corrected chi connectivity index (χ1v) is 6.42. The van der Waals surface area contributed by atoms with Gasteiger partial charge in [-0.2, -0.15) is 0 Å². The predicted molar refractivity (Wildman–Crippen MR) is 70.5 cm³/mol. The quantitative estimate of drug-likeness (QED) is 0.830. The highest BCUT2D eigenvalue weighted by Gasteiger charge is 2.19. The number of ether oxygens (including phenoxy) is 1. The zero-order chi connectivity index (χ0) is 13.0. The normalized spacial score (nSPS) is 18.2. The van der Waals surface area contributed by atoms with Crippen molar-refractivity contribution in [2.24, 2.45) is 5.73 Å². The van der Waals surface area contributed by atoms with E-state index in [0.29, 0.717) is 12.6 Å². The van der Waals surface area contributed by atoms with Crippen LogP contribution in [0.1, 0.15) is 36.4 Å². The van der Waals surface area contributed by atoms with Crippen LogP contribution in [0.4, 0.5) is 0 Å². The number of primary amides is 1. The second kappa shape index (κ2) is 5.87. The molecule has 1 aliphatic carbocycles. The van der Waals surface area contributed by atoms with Crippen LogP contribution in [-0.2, 0) is 11.2 Å². The van der Waals surface area contributed by atoms with Gasteiger partial charge >= 0.3 is 0 Å². The Morgan fingerprint density at radius 2 is 2.39 bits per heavy atom. The fourth-order valence-corrected chi connectivity index (χ4v) is 2.44. The zero-order valence-corrected chi connectivity index (χ0v) is 10.7. The van der Waals surface area contributed by atoms with Crippen LogP contribution in [0.25, 0.3) is 0 Å². The van der Waals surface area contributed by atoms with Gasteiger partial charge in [-0.15, -0.1) is 0 Å². The summed E-state index contributed by atoms with van der Waals surface area (Å²) in [5.74, 6) is 0.484. The van der Waals surface area contributed by atoms with Crippen molar-refractivity contribution in [1.82, 2.24) is 5.32 Å². The molecule has 1 aliphatic rings. The van der Waals surface area contributed by atoms with E-state index < -0.39 is 0 Å². The van der Waals surface area contributed by atoms with E-state index in [0.717, 1.165) is 18.6 Å². The molecule has 98 valence electrons. The maximum absolute atomic E-state index is 10.7. The van der Waals surface area contributed by atoms with Crippen LogP contribution in [0.15, 0.2) is 18.2 Å². The van der Waals surface area contributed by atoms with Gasteiger partial charge in [0.05, 0.1) is 13.0 Å². The van der Waals surface area contributed by atoms with Gasteiger partial charge in [0.1, 0.15) is 5.75 Å². The van der Waals surface area contributed by atoms with Gasteiger partial charge in [0, 0.05) is 6.04 Å². The number of fused-ring (bicyclic) bond motifs is 1. The van der Waals surface area contributed by atoms with Gasteiger partial charge in [0.25, 0.3) is 0 Å². The number of amides is 1. The second-order valence-corrected chi connectivity index (χ2v) is 4.66. The highest BCUT2D eigenvalue weighted by Crippen LogP contribution is 2.32. The SMILES string of the molecule is CNC1CCCc2ccc(OCCC(N)=O)cc21. The first kappa shape index (κ1) is 12.9. The number of aryl methyl sites for hydroxylation is 1. The molecule has 0 aromatic heterocycles. The Kier molecular flexibility index (Phi) is 4.20. The lowest BCUT2D eigenvalue weighted by Crippen LogP contribution is -2.21. The number of carbonyl (C=O) groups excluding carboxylic acids is 1. The summed E-state index contributed by atoms with van der Waals surface area (Å²) in [4.78, 5) is 10.7. The van der Waals surface area contributed by atoms with E-state index in [9.17, 15) is 4.79 Å². The minimum atomic E-state index is -0.332. The lowest BCUT2D eigenvalue weighted by molar-refractivity contribution is -0.118. The minimum absolute atomic E-state index is 0.256. The van der Waals surface area contributed by atoms with Crippen LogP contribution in [0, 0.1) is 0 Å². The molecule has 1 atom stereocenters. The molecule has 3 N–H and O–H groups in total. The van der Waals surface area contributed by atoms with Crippen molar-refractivity contribution in [3.8, 4) is 5.75 Å². The van der Waals surface area contributed by atoms with Crippen molar-refractivity contribution < 1.29 is 9.53 Å². The number of rotatable bonds is 5. The summed E-state index contributed by atoms with van der Waals surface area (Å²) in [5.41, 5.74) is 7.79. The molecule has 0 saturated carbocycles. The predicted octanol–water partition coefficient (Wildman–Crippen LogP) is 1.54. The Labute approximate surface area is 108 Å². The van der Waals surface area contributed by atoms with Crippen molar-refractivity contribution >= 4 is 5.91 Å². The van der Waals surface area contributed by atoms with E-state index >= 15 is 0 Å². The van der Waals surface area contributed by atoms with Crippen molar-refractivity contribution in [3.63, 3.8) is 0 Å². The molecule has 0 heterocycles. The molecule has 1 amide bonds. The fourth-order valence-electron chi connectivity index (χ4n) is 2.44. The third-order valence-electron chi connectivity index (χ3n) is 3.40. The first-order valence-electron chi connectivity index (χ1n) is 6.42. The topological polar surface area (TPSA) is 64.3 Å². The molecule has 0 radical (unpaired) electrons. The van der Waals surface area contributed by atoms with Gasteiger partial charge in [0.15, 0.2) is 0 Å². The Morgan fingerprint density at radius 3 is 3.11 bits per heavy atom. The Bertz CT molecular complexity index is 432. The minimum Gasteiger partial charge on any atom is -0.493 e. The van der Waals surface area contributed by atoms with Crippen molar-refractivity contribution in [3.05, 3.63) is 29.3 Å². The summed E-state index contributed by atoms with van der Waals surface area (Å²) in [5, 5.41) is 3.33. The molecule has 4 nitrogen and oxygen atoms in total. The van der Waals surface area contributed by atoms with E-state index in [1.165, 1.54) is 17.5 Å². The molecule has 0 aliphatic heterocycles. The number of nitrogens with two attached hydrogens (primary N) is 1. The molecule has 2 rings (SSSR count). The summed E-state index contributed by atoms with van der Waals surface area (Å²) in [6.07, 6.45) is 3.77. The van der Waals surface area contributed by atoms with E-state index in [-0.39, 0.29) is 12.3 Å². The standard InChI is InChI=1S/C14H20N2O2/c1-16-13-4-2-3-10-5-6-11(9-12(10)13)18-8-7-14(15)17/h5-6,9,13,16H,2-4,7-8H2,1H3,(H2,15,17). The zero-order valence-electron chi connectivity index (χ0n) is 10.7. The monoisotopic (exact) mass is 248 g/mol. The maximum Gasteiger partial charge on any atom is 0.220 e. The molecule has 1 aromatic carbocycles. The van der Waals surface area contributed by atoms with Gasteiger partial charge in [-0.25, -0.2) is 0 Å². The highest BCUT2D eigenvalue weighted by atomic mass is 16.5. The Morgan fingerprint density at radius 1 is 1.56 bits per heavy atom. The average molecular weight is 248 g/mol. The van der Waals surface area contributed by atoms with Crippen LogP contribution < -0.4 is 15.8 Å². The van der Waals surface area contributed by atoms with E-state index in [2.05, 4.69) is 17.4 Å². The highest BCUT2D eigenvalue weighted by molar-refractivity contribution is 5.73. The smallest absolute Gasteiger partial charge is 0.220 e. The summed E-state index contributed by atoms with van der Waals surface area (Å²) in [7, 11) is 1.99. The average Bonchev–Trinajstić information content (AvgIpc) is 2.37. The van der Waals surface area contributed by atoms with Gasteiger partial charge in [-0.05, 0) is 49.6 Å². The molecule has 1 aromatic rings. The molecular weight excluding hydrogens is 228 g/mol. The van der Waals surface area contributed by atoms with Crippen LogP contribution in [-0.4, -0.2) is 19.6 Å². The van der Waals surface area contributed by atoms with Gasteiger partial charge in [-0.1, -0.05) is 6.07 Å². The molecule has 1 unspecified atom stereocenters. The third-order valence-corrected chi connectivity index (χ3v) is 3.40. The molecule has 4 heteroatoms. The lowest BCUT2D eigenvalue weighted by atomic mass is 9.87. The van der Waals surface area contributed by atoms with Crippen LogP contribution >= 0.6 is 0 Å².